The molecule has 0 aliphatic rings. The van der Waals surface area contributed by atoms with Gasteiger partial charge in [-0.15, -0.1) is 0 Å². The number of unbranched alkanes of at least 4 members (excludes halogenated alkanes) is 3. The van der Waals surface area contributed by atoms with Gasteiger partial charge in [0.05, 0.1) is 0 Å². The van der Waals surface area contributed by atoms with Crippen LogP contribution < -0.4 is 0 Å². The van der Waals surface area contributed by atoms with Crippen LogP contribution in [0.15, 0.2) is 72.8 Å². The van der Waals surface area contributed by atoms with Crippen LogP contribution in [0.2, 0.25) is 0 Å². The number of hydrogen-bond donors (Lipinski definition) is 0. The van der Waals surface area contributed by atoms with Gasteiger partial charge in [0.25, 0.3) is 0 Å². The fourth-order valence-corrected chi connectivity index (χ4v) is 2.88. The molecular weight excluding hydrogens is 492 g/mol. The molecule has 28 heavy (non-hydrogen) atoms. The summed E-state index contributed by atoms with van der Waals surface area (Å²) in [6.45, 7) is 6.68. The van der Waals surface area contributed by atoms with Crippen molar-refractivity contribution in [1.29, 1.82) is 0 Å². The topological polar surface area (TPSA) is 0 Å². The van der Waals surface area contributed by atoms with Gasteiger partial charge < -0.3 is 0 Å². The largest absolute Gasteiger partial charge is 3.00 e. The second-order valence-corrected chi connectivity index (χ2v) is 7.19. The number of rotatable bonds is 9. The molecule has 0 heterocycles. The van der Waals surface area contributed by atoms with Crippen molar-refractivity contribution in [3.8, 4) is 0 Å². The van der Waals surface area contributed by atoms with Crippen molar-refractivity contribution in [3.63, 3.8) is 0 Å². The van der Waals surface area contributed by atoms with Crippen LogP contribution in [0.1, 0.15) is 76.0 Å². The van der Waals surface area contributed by atoms with Crippen LogP contribution in [0.5, 0.6) is 0 Å². The quantitative estimate of drug-likeness (QED) is 0.244. The van der Waals surface area contributed by atoms with Crippen molar-refractivity contribution in [2.45, 2.75) is 78.6 Å². The summed E-state index contributed by atoms with van der Waals surface area (Å²) in [6, 6.07) is 25.8. The molecule has 0 N–H and O–H groups in total. The van der Waals surface area contributed by atoms with Gasteiger partial charge in [0.1, 0.15) is 0 Å². The summed E-state index contributed by atoms with van der Waals surface area (Å²) in [6.07, 6.45) is 11.6. The number of aryl methyl sites for hydroxylation is 3. The standard InChI is InChI=1S/3C9H13.Er/c3*1-2-3-6-9-7-4-5-8-9;/h3*4-5,7-8H,2-3,6H2,1H3;/q3*-1;+3. The van der Waals surface area contributed by atoms with E-state index in [2.05, 4.69) is 93.6 Å². The Kier molecular flexibility index (Phi) is 19.1. The minimum Gasteiger partial charge on any atom is -0.213 e. The molecule has 0 amide bonds. The SMILES string of the molecule is CCCCc1ccc[cH-]1.CCCCc1ccc[cH-]1.CCCCc1ccc[cH-]1.[Er+3]. The van der Waals surface area contributed by atoms with E-state index in [-0.39, 0.29) is 37.3 Å². The Balaban J connectivity index is 0.000000384. The van der Waals surface area contributed by atoms with Crippen molar-refractivity contribution >= 4 is 0 Å². The number of hydrogen-bond acceptors (Lipinski definition) is 0. The van der Waals surface area contributed by atoms with E-state index in [0.29, 0.717) is 0 Å². The third-order valence-corrected chi connectivity index (χ3v) is 4.65. The van der Waals surface area contributed by atoms with Crippen LogP contribution in [0, 0.1) is 37.3 Å². The third-order valence-electron chi connectivity index (χ3n) is 4.65. The molecular formula is C27H39Er. The van der Waals surface area contributed by atoms with Crippen LogP contribution in [-0.4, -0.2) is 0 Å². The molecule has 159 valence electrons. The molecule has 3 rings (SSSR count). The predicted octanol–water partition coefficient (Wildman–Crippen LogP) is 8.24. The summed E-state index contributed by atoms with van der Waals surface area (Å²) >= 11 is 0. The van der Waals surface area contributed by atoms with Crippen molar-refractivity contribution < 1.29 is 37.3 Å². The van der Waals surface area contributed by atoms with E-state index >= 15 is 0 Å². The van der Waals surface area contributed by atoms with E-state index in [1.165, 1.54) is 74.5 Å². The molecule has 0 saturated heterocycles. The molecule has 0 aromatic heterocycles. The van der Waals surface area contributed by atoms with Gasteiger partial charge in [0.2, 0.25) is 0 Å². The monoisotopic (exact) mass is 529 g/mol. The fraction of sp³-hybridized carbons (Fsp3) is 0.444. The second-order valence-electron chi connectivity index (χ2n) is 7.19. The summed E-state index contributed by atoms with van der Waals surface area (Å²) in [4.78, 5) is 0. The van der Waals surface area contributed by atoms with Crippen molar-refractivity contribution in [3.05, 3.63) is 89.5 Å². The van der Waals surface area contributed by atoms with Crippen LogP contribution in [0.4, 0.5) is 0 Å². The summed E-state index contributed by atoms with van der Waals surface area (Å²) in [7, 11) is 0. The van der Waals surface area contributed by atoms with E-state index < -0.39 is 0 Å². The van der Waals surface area contributed by atoms with Gasteiger partial charge in [-0.2, -0.15) is 53.1 Å². The Morgan fingerprint density at radius 2 is 0.821 bits per heavy atom. The van der Waals surface area contributed by atoms with Crippen LogP contribution >= 0.6 is 0 Å². The molecule has 1 heteroatoms. The van der Waals surface area contributed by atoms with Crippen molar-refractivity contribution in [2.24, 2.45) is 0 Å². The third kappa shape index (κ3) is 14.3. The maximum absolute atomic E-state index is 2.23. The van der Waals surface area contributed by atoms with Crippen LogP contribution in [-0.2, 0) is 19.3 Å². The van der Waals surface area contributed by atoms with Gasteiger partial charge in [0, 0.05) is 0 Å². The Hall–Kier alpha value is -0.703. The average Bonchev–Trinajstić information content (AvgIpc) is 3.47. The first kappa shape index (κ1) is 27.3. The molecule has 0 spiro atoms. The van der Waals surface area contributed by atoms with Gasteiger partial charge >= 0.3 is 37.3 Å². The van der Waals surface area contributed by atoms with Crippen LogP contribution in [0.25, 0.3) is 0 Å². The van der Waals surface area contributed by atoms with Crippen LogP contribution in [0.3, 0.4) is 0 Å². The zero-order valence-corrected chi connectivity index (χ0v) is 19.9. The minimum atomic E-state index is 0. The maximum atomic E-state index is 2.23. The molecule has 0 unspecified atom stereocenters. The predicted molar refractivity (Wildman–Crippen MR) is 122 cm³/mol. The van der Waals surface area contributed by atoms with Gasteiger partial charge in [-0.3, -0.25) is 0 Å². The van der Waals surface area contributed by atoms with Crippen molar-refractivity contribution in [2.75, 3.05) is 0 Å². The van der Waals surface area contributed by atoms with E-state index in [9.17, 15) is 0 Å². The first-order chi connectivity index (χ1) is 13.3. The second kappa shape index (κ2) is 19.6. The van der Waals surface area contributed by atoms with Gasteiger partial charge in [-0.1, -0.05) is 78.6 Å². The normalized spacial score (nSPS) is 9.54. The molecule has 0 nitrogen and oxygen atoms in total. The minimum absolute atomic E-state index is 0. The summed E-state index contributed by atoms with van der Waals surface area (Å²) in [5.74, 6) is 0. The molecule has 0 bridgehead atoms. The zero-order valence-electron chi connectivity index (χ0n) is 18.1. The Bertz CT molecular complexity index is 508. The Labute approximate surface area is 204 Å². The summed E-state index contributed by atoms with van der Waals surface area (Å²) in [5, 5.41) is 0. The zero-order chi connectivity index (χ0) is 19.6. The molecule has 0 atom stereocenters. The molecule has 0 aliphatic carbocycles. The summed E-state index contributed by atoms with van der Waals surface area (Å²) < 4.78 is 0. The molecule has 0 saturated carbocycles. The van der Waals surface area contributed by atoms with Gasteiger partial charge in [-0.05, 0) is 0 Å². The first-order valence-corrected chi connectivity index (χ1v) is 10.9. The van der Waals surface area contributed by atoms with E-state index in [0.717, 1.165) is 0 Å². The summed E-state index contributed by atoms with van der Waals surface area (Å²) in [5.41, 5.74) is 4.45. The molecule has 3 aromatic carbocycles. The van der Waals surface area contributed by atoms with E-state index in [1.807, 2.05) is 0 Å². The van der Waals surface area contributed by atoms with E-state index in [4.69, 9.17) is 0 Å². The molecule has 1 radical (unpaired) electrons. The molecule has 3 aromatic rings. The van der Waals surface area contributed by atoms with E-state index in [1.54, 1.807) is 0 Å². The average molecular weight is 531 g/mol. The Morgan fingerprint density at radius 1 is 0.536 bits per heavy atom. The molecule has 0 aliphatic heterocycles. The maximum Gasteiger partial charge on any atom is 3.00 e. The van der Waals surface area contributed by atoms with Gasteiger partial charge in [0.15, 0.2) is 0 Å². The molecule has 0 fully saturated rings. The fourth-order valence-electron chi connectivity index (χ4n) is 2.88. The first-order valence-electron chi connectivity index (χ1n) is 10.9. The van der Waals surface area contributed by atoms with Gasteiger partial charge in [-0.25, -0.2) is 36.4 Å². The Morgan fingerprint density at radius 3 is 1.00 bits per heavy atom. The smallest absolute Gasteiger partial charge is 0.213 e. The van der Waals surface area contributed by atoms with Crippen molar-refractivity contribution in [1.82, 2.24) is 0 Å².